The normalized spacial score (nSPS) is 12.5. The molecule has 0 saturated heterocycles. The number of anilines is 2. The molecule has 10 heteroatoms. The van der Waals surface area contributed by atoms with Crippen molar-refractivity contribution in [3.8, 4) is 11.1 Å². The van der Waals surface area contributed by atoms with E-state index in [0.717, 1.165) is 5.56 Å². The average molecular weight is 530 g/mol. The molecule has 194 valence electrons. The highest BCUT2D eigenvalue weighted by Gasteiger charge is 2.20. The molecule has 0 bridgehead atoms. The third-order valence-corrected chi connectivity index (χ3v) is 6.83. The van der Waals surface area contributed by atoms with Crippen LogP contribution in [0.25, 0.3) is 11.1 Å². The topological polar surface area (TPSA) is 160 Å². The number of benzene rings is 4. The van der Waals surface area contributed by atoms with Crippen LogP contribution in [-0.2, 0) is 21.2 Å². The molecule has 4 rings (SSSR count). The van der Waals surface area contributed by atoms with Crippen LogP contribution in [-0.4, -0.2) is 31.4 Å². The van der Waals surface area contributed by atoms with Gasteiger partial charge >= 0.3 is 0 Å². The van der Waals surface area contributed by atoms with E-state index in [4.69, 9.17) is 16.1 Å². The largest absolute Gasteiger partial charge is 0.409 e. The van der Waals surface area contributed by atoms with Gasteiger partial charge in [-0.2, -0.15) is 0 Å². The van der Waals surface area contributed by atoms with Crippen molar-refractivity contribution in [3.63, 3.8) is 0 Å². The monoisotopic (exact) mass is 529 g/mol. The molecular formula is C28H27N5O4S. The Kier molecular flexibility index (Phi) is 8.05. The number of hydrogen-bond donors (Lipinski definition) is 5. The summed E-state index contributed by atoms with van der Waals surface area (Å²) in [4.78, 5) is 13.4. The summed E-state index contributed by atoms with van der Waals surface area (Å²) in [5.41, 5.74) is 9.47. The molecule has 0 saturated carbocycles. The molecule has 4 aromatic carbocycles. The van der Waals surface area contributed by atoms with Gasteiger partial charge in [0.1, 0.15) is 6.04 Å². The minimum absolute atomic E-state index is 0.0259. The van der Waals surface area contributed by atoms with Crippen molar-refractivity contribution in [2.75, 3.05) is 10.6 Å². The van der Waals surface area contributed by atoms with Crippen LogP contribution >= 0.6 is 0 Å². The quantitative estimate of drug-likeness (QED) is 0.0960. The Balaban J connectivity index is 1.56. The van der Waals surface area contributed by atoms with E-state index in [-0.39, 0.29) is 16.6 Å². The van der Waals surface area contributed by atoms with Crippen molar-refractivity contribution >= 4 is 33.1 Å². The van der Waals surface area contributed by atoms with Gasteiger partial charge < -0.3 is 21.6 Å². The van der Waals surface area contributed by atoms with Crippen molar-refractivity contribution in [1.82, 2.24) is 0 Å². The predicted molar refractivity (Wildman–Crippen MR) is 148 cm³/mol. The lowest BCUT2D eigenvalue weighted by Crippen LogP contribution is -2.36. The summed E-state index contributed by atoms with van der Waals surface area (Å²) in [6, 6.07) is 29.2. The zero-order valence-electron chi connectivity index (χ0n) is 20.3. The van der Waals surface area contributed by atoms with E-state index in [9.17, 15) is 13.2 Å². The summed E-state index contributed by atoms with van der Waals surface area (Å²) in [7, 11) is -3.90. The van der Waals surface area contributed by atoms with Gasteiger partial charge in [0.15, 0.2) is 5.84 Å². The average Bonchev–Trinajstić information content (AvgIpc) is 2.93. The number of primary sulfonamides is 1. The molecule has 7 N–H and O–H groups in total. The van der Waals surface area contributed by atoms with E-state index < -0.39 is 16.1 Å². The number of amidine groups is 1. The van der Waals surface area contributed by atoms with Crippen molar-refractivity contribution in [2.45, 2.75) is 17.4 Å². The lowest BCUT2D eigenvalue weighted by molar-refractivity contribution is -0.116. The molecule has 4 aromatic rings. The maximum Gasteiger partial charge on any atom is 0.247 e. The van der Waals surface area contributed by atoms with Gasteiger partial charge in [-0.15, -0.1) is 0 Å². The van der Waals surface area contributed by atoms with Crippen molar-refractivity contribution in [1.29, 1.82) is 0 Å². The van der Waals surface area contributed by atoms with Crippen LogP contribution in [0.5, 0.6) is 0 Å². The maximum atomic E-state index is 13.4. The number of sulfonamides is 1. The lowest BCUT2D eigenvalue weighted by atomic mass is 10.0. The number of nitrogens with zero attached hydrogens (tertiary/aromatic N) is 1. The second-order valence-electron chi connectivity index (χ2n) is 8.56. The third-order valence-electron chi connectivity index (χ3n) is 5.86. The predicted octanol–water partition coefficient (Wildman–Crippen LogP) is 3.76. The summed E-state index contributed by atoms with van der Waals surface area (Å²) < 4.78 is 24.0. The van der Waals surface area contributed by atoms with Gasteiger partial charge in [-0.05, 0) is 41.5 Å². The van der Waals surface area contributed by atoms with Crippen LogP contribution in [0.1, 0.15) is 11.1 Å². The first-order valence-electron chi connectivity index (χ1n) is 11.7. The zero-order chi connectivity index (χ0) is 27.1. The number of oxime groups is 1. The molecule has 0 aliphatic carbocycles. The van der Waals surface area contributed by atoms with Gasteiger partial charge in [0, 0.05) is 28.9 Å². The SMILES string of the molecule is N/C(=N\O)c1cccc(N[C@@H](Cc2ccccc2)C(=O)Nc2ccc(-c3ccccc3S(N)(=O)=O)cc2)c1. The van der Waals surface area contributed by atoms with E-state index in [1.807, 2.05) is 30.3 Å². The summed E-state index contributed by atoms with van der Waals surface area (Å²) in [6.45, 7) is 0. The minimum atomic E-state index is -3.90. The zero-order valence-corrected chi connectivity index (χ0v) is 21.1. The van der Waals surface area contributed by atoms with Gasteiger partial charge in [-0.3, -0.25) is 4.79 Å². The molecule has 0 aliphatic heterocycles. The fourth-order valence-corrected chi connectivity index (χ4v) is 4.76. The Morgan fingerprint density at radius 3 is 2.24 bits per heavy atom. The highest BCUT2D eigenvalue weighted by Crippen LogP contribution is 2.27. The van der Waals surface area contributed by atoms with Gasteiger partial charge in [0.25, 0.3) is 0 Å². The van der Waals surface area contributed by atoms with Crippen LogP contribution in [0.4, 0.5) is 11.4 Å². The highest BCUT2D eigenvalue weighted by molar-refractivity contribution is 7.89. The smallest absolute Gasteiger partial charge is 0.247 e. The Hall–Kier alpha value is -4.67. The molecule has 38 heavy (non-hydrogen) atoms. The minimum Gasteiger partial charge on any atom is -0.409 e. The molecule has 0 heterocycles. The first-order valence-corrected chi connectivity index (χ1v) is 13.2. The molecule has 0 aromatic heterocycles. The first-order chi connectivity index (χ1) is 18.2. The molecule has 1 atom stereocenters. The number of nitrogens with two attached hydrogens (primary N) is 2. The van der Waals surface area contributed by atoms with E-state index in [2.05, 4.69) is 15.8 Å². The van der Waals surface area contributed by atoms with E-state index in [1.165, 1.54) is 6.07 Å². The molecule has 0 fully saturated rings. The van der Waals surface area contributed by atoms with Crippen LogP contribution in [0.3, 0.4) is 0 Å². The third kappa shape index (κ3) is 6.55. The number of carbonyl (C=O) groups is 1. The summed E-state index contributed by atoms with van der Waals surface area (Å²) in [5.74, 6) is -0.317. The Morgan fingerprint density at radius 1 is 0.868 bits per heavy atom. The molecule has 0 aliphatic rings. The van der Waals surface area contributed by atoms with Crippen molar-refractivity contribution < 1.29 is 18.4 Å². The molecular weight excluding hydrogens is 502 g/mol. The van der Waals surface area contributed by atoms with E-state index >= 15 is 0 Å². The fourth-order valence-electron chi connectivity index (χ4n) is 4.00. The lowest BCUT2D eigenvalue weighted by Gasteiger charge is -2.20. The number of hydrogen-bond acceptors (Lipinski definition) is 6. The Morgan fingerprint density at radius 2 is 1.55 bits per heavy atom. The van der Waals surface area contributed by atoms with Crippen molar-refractivity contribution in [2.24, 2.45) is 16.0 Å². The van der Waals surface area contributed by atoms with E-state index in [0.29, 0.717) is 34.5 Å². The van der Waals surface area contributed by atoms with Gasteiger partial charge in [0.05, 0.1) is 4.90 Å². The molecule has 0 unspecified atom stereocenters. The van der Waals surface area contributed by atoms with Crippen molar-refractivity contribution in [3.05, 3.63) is 114 Å². The summed E-state index contributed by atoms with van der Waals surface area (Å²) in [6.07, 6.45) is 0.403. The van der Waals surface area contributed by atoms with Crippen LogP contribution in [0, 0.1) is 0 Å². The van der Waals surface area contributed by atoms with Crippen LogP contribution in [0.2, 0.25) is 0 Å². The van der Waals surface area contributed by atoms with E-state index in [1.54, 1.807) is 66.7 Å². The van der Waals surface area contributed by atoms with Gasteiger partial charge in [0.2, 0.25) is 15.9 Å². The highest BCUT2D eigenvalue weighted by atomic mass is 32.2. The Labute approximate surface area is 220 Å². The molecule has 9 nitrogen and oxygen atoms in total. The first kappa shape index (κ1) is 26.4. The summed E-state index contributed by atoms with van der Waals surface area (Å²) in [5, 5.41) is 23.6. The Bertz CT molecular complexity index is 1560. The fraction of sp³-hybridized carbons (Fsp3) is 0.0714. The number of amides is 1. The molecule has 0 radical (unpaired) electrons. The second-order valence-corrected chi connectivity index (χ2v) is 10.1. The number of nitrogens with one attached hydrogen (secondary N) is 2. The standard InChI is InChI=1S/C28H27N5O4S/c29-27(33-35)21-9-6-10-23(18-21)31-25(17-19-7-2-1-3-8-19)28(34)32-22-15-13-20(14-16-22)24-11-4-5-12-26(24)38(30,36)37/h1-16,18,25,31,35H,17H2,(H2,29,33)(H,32,34)(H2,30,36,37)/t25-/m0/s1. The second kappa shape index (κ2) is 11.6. The summed E-state index contributed by atoms with van der Waals surface area (Å²) >= 11 is 0. The maximum absolute atomic E-state index is 13.4. The van der Waals surface area contributed by atoms with Gasteiger partial charge in [-0.1, -0.05) is 78.0 Å². The number of rotatable bonds is 9. The number of carbonyl (C=O) groups excluding carboxylic acids is 1. The molecule has 0 spiro atoms. The van der Waals surface area contributed by atoms with Gasteiger partial charge in [-0.25, -0.2) is 13.6 Å². The molecule has 1 amide bonds. The van der Waals surface area contributed by atoms with Crippen LogP contribution < -0.4 is 21.5 Å². The van der Waals surface area contributed by atoms with Crippen LogP contribution in [0.15, 0.2) is 113 Å².